The van der Waals surface area contributed by atoms with E-state index in [9.17, 15) is 9.59 Å². The van der Waals surface area contributed by atoms with Crippen LogP contribution in [0.2, 0.25) is 0 Å². The monoisotopic (exact) mass is 286 g/mol. The SMILES string of the molecule is CCCn1nc(-c2ccc(C)cc2)cc(CC(=O)O)c1=O. The third kappa shape index (κ3) is 3.56. The Morgan fingerprint density at radius 1 is 1.29 bits per heavy atom. The first-order valence-electron chi connectivity index (χ1n) is 6.91. The van der Waals surface area contributed by atoms with E-state index in [1.807, 2.05) is 38.1 Å². The second kappa shape index (κ2) is 6.35. The van der Waals surface area contributed by atoms with E-state index in [1.165, 1.54) is 4.68 Å². The minimum atomic E-state index is -1.02. The lowest BCUT2D eigenvalue weighted by Gasteiger charge is -2.09. The summed E-state index contributed by atoms with van der Waals surface area (Å²) < 4.78 is 1.35. The van der Waals surface area contributed by atoms with Crippen LogP contribution in [0.3, 0.4) is 0 Å². The Hall–Kier alpha value is -2.43. The Bertz CT molecular complexity index is 702. The minimum absolute atomic E-state index is 0.265. The molecule has 0 fully saturated rings. The molecule has 0 bridgehead atoms. The maximum absolute atomic E-state index is 12.2. The summed E-state index contributed by atoms with van der Waals surface area (Å²) in [6, 6.07) is 9.34. The highest BCUT2D eigenvalue weighted by Gasteiger charge is 2.12. The highest BCUT2D eigenvalue weighted by atomic mass is 16.4. The molecule has 2 aromatic rings. The van der Waals surface area contributed by atoms with Crippen molar-refractivity contribution in [1.29, 1.82) is 0 Å². The van der Waals surface area contributed by atoms with Crippen LogP contribution in [-0.2, 0) is 17.8 Å². The number of carbonyl (C=O) groups is 1. The number of carboxylic acids is 1. The zero-order valence-electron chi connectivity index (χ0n) is 12.2. The number of carboxylic acid groups (broad SMARTS) is 1. The molecule has 0 saturated heterocycles. The number of hydrogen-bond donors (Lipinski definition) is 1. The van der Waals surface area contributed by atoms with Crippen molar-refractivity contribution >= 4 is 5.97 Å². The van der Waals surface area contributed by atoms with E-state index in [-0.39, 0.29) is 17.5 Å². The summed E-state index contributed by atoms with van der Waals surface area (Å²) in [5.41, 5.74) is 2.57. The van der Waals surface area contributed by atoms with Gasteiger partial charge in [-0.3, -0.25) is 9.59 Å². The number of aromatic nitrogens is 2. The summed E-state index contributed by atoms with van der Waals surface area (Å²) >= 11 is 0. The van der Waals surface area contributed by atoms with E-state index in [2.05, 4.69) is 5.10 Å². The number of aliphatic carboxylic acids is 1. The van der Waals surface area contributed by atoms with Gasteiger partial charge in [0.25, 0.3) is 5.56 Å². The first-order chi connectivity index (χ1) is 10.0. The van der Waals surface area contributed by atoms with E-state index in [0.29, 0.717) is 12.2 Å². The maximum Gasteiger partial charge on any atom is 0.308 e. The van der Waals surface area contributed by atoms with Crippen molar-refractivity contribution in [3.63, 3.8) is 0 Å². The lowest BCUT2D eigenvalue weighted by molar-refractivity contribution is -0.136. The number of aryl methyl sites for hydroxylation is 2. The third-order valence-electron chi connectivity index (χ3n) is 3.17. The predicted octanol–water partition coefficient (Wildman–Crippen LogP) is 2.26. The zero-order valence-corrected chi connectivity index (χ0v) is 12.2. The molecule has 0 unspecified atom stereocenters. The summed E-state index contributed by atoms with van der Waals surface area (Å²) in [7, 11) is 0. The van der Waals surface area contributed by atoms with Crippen molar-refractivity contribution in [3.8, 4) is 11.3 Å². The van der Waals surface area contributed by atoms with Crippen LogP contribution in [0.25, 0.3) is 11.3 Å². The van der Waals surface area contributed by atoms with Crippen molar-refractivity contribution < 1.29 is 9.90 Å². The Morgan fingerprint density at radius 2 is 1.95 bits per heavy atom. The molecule has 0 aliphatic rings. The maximum atomic E-state index is 12.2. The smallest absolute Gasteiger partial charge is 0.308 e. The van der Waals surface area contributed by atoms with Crippen molar-refractivity contribution in [2.45, 2.75) is 33.2 Å². The number of nitrogens with zero attached hydrogens (tertiary/aromatic N) is 2. The molecule has 2 rings (SSSR count). The van der Waals surface area contributed by atoms with Crippen molar-refractivity contribution in [2.24, 2.45) is 0 Å². The lowest BCUT2D eigenvalue weighted by atomic mass is 10.1. The van der Waals surface area contributed by atoms with Gasteiger partial charge in [-0.25, -0.2) is 4.68 Å². The van der Waals surface area contributed by atoms with Crippen LogP contribution in [0.1, 0.15) is 24.5 Å². The summed E-state index contributed by atoms with van der Waals surface area (Å²) in [5.74, 6) is -1.02. The molecular weight excluding hydrogens is 268 g/mol. The molecule has 1 N–H and O–H groups in total. The number of hydrogen-bond acceptors (Lipinski definition) is 3. The quantitative estimate of drug-likeness (QED) is 0.915. The van der Waals surface area contributed by atoms with Gasteiger partial charge >= 0.3 is 5.97 Å². The molecule has 0 radical (unpaired) electrons. The summed E-state index contributed by atoms with van der Waals surface area (Å²) in [4.78, 5) is 23.1. The third-order valence-corrected chi connectivity index (χ3v) is 3.17. The van der Waals surface area contributed by atoms with E-state index >= 15 is 0 Å². The fraction of sp³-hybridized carbons (Fsp3) is 0.312. The molecule has 0 aliphatic heterocycles. The van der Waals surface area contributed by atoms with Crippen LogP contribution in [-0.4, -0.2) is 20.9 Å². The van der Waals surface area contributed by atoms with Crippen LogP contribution in [0, 0.1) is 6.92 Å². The van der Waals surface area contributed by atoms with Gasteiger partial charge < -0.3 is 5.11 Å². The Morgan fingerprint density at radius 3 is 2.52 bits per heavy atom. The molecule has 0 spiro atoms. The topological polar surface area (TPSA) is 72.2 Å². The first kappa shape index (κ1) is 15.0. The van der Waals surface area contributed by atoms with Crippen LogP contribution >= 0.6 is 0 Å². The fourth-order valence-corrected chi connectivity index (χ4v) is 2.12. The highest BCUT2D eigenvalue weighted by molar-refractivity contribution is 5.71. The summed E-state index contributed by atoms with van der Waals surface area (Å²) in [6.07, 6.45) is 0.473. The van der Waals surface area contributed by atoms with Gasteiger partial charge in [-0.1, -0.05) is 36.8 Å². The molecule has 0 aliphatic carbocycles. The number of rotatable bonds is 5. The van der Waals surface area contributed by atoms with Crippen molar-refractivity contribution in [2.75, 3.05) is 0 Å². The highest BCUT2D eigenvalue weighted by Crippen LogP contribution is 2.17. The van der Waals surface area contributed by atoms with E-state index in [1.54, 1.807) is 6.07 Å². The predicted molar refractivity (Wildman–Crippen MR) is 80.3 cm³/mol. The van der Waals surface area contributed by atoms with Gasteiger partial charge in [0.2, 0.25) is 0 Å². The second-order valence-corrected chi connectivity index (χ2v) is 5.02. The normalized spacial score (nSPS) is 10.6. The molecule has 0 saturated carbocycles. The van der Waals surface area contributed by atoms with Crippen molar-refractivity contribution in [3.05, 3.63) is 51.8 Å². The molecule has 5 heteroatoms. The second-order valence-electron chi connectivity index (χ2n) is 5.02. The molecule has 1 aromatic heterocycles. The average molecular weight is 286 g/mol. The summed E-state index contributed by atoms with van der Waals surface area (Å²) in [6.45, 7) is 4.42. The van der Waals surface area contributed by atoms with Crippen LogP contribution < -0.4 is 5.56 Å². The van der Waals surface area contributed by atoms with Gasteiger partial charge in [0, 0.05) is 17.7 Å². The van der Waals surface area contributed by atoms with E-state index < -0.39 is 5.97 Å². The van der Waals surface area contributed by atoms with Gasteiger partial charge in [0.15, 0.2) is 0 Å². The molecule has 110 valence electrons. The molecule has 5 nitrogen and oxygen atoms in total. The molecule has 0 atom stereocenters. The largest absolute Gasteiger partial charge is 0.481 e. The summed E-state index contributed by atoms with van der Waals surface area (Å²) in [5, 5.41) is 13.3. The fourth-order valence-electron chi connectivity index (χ4n) is 2.12. The molecular formula is C16H18N2O3. The van der Waals surface area contributed by atoms with Crippen molar-refractivity contribution in [1.82, 2.24) is 9.78 Å². The molecule has 1 aromatic carbocycles. The first-order valence-corrected chi connectivity index (χ1v) is 6.91. The average Bonchev–Trinajstić information content (AvgIpc) is 2.43. The Balaban J connectivity index is 2.55. The van der Waals surface area contributed by atoms with Gasteiger partial charge in [0.05, 0.1) is 12.1 Å². The molecule has 21 heavy (non-hydrogen) atoms. The molecule has 0 amide bonds. The Labute approximate surface area is 122 Å². The van der Waals surface area contributed by atoms with Crippen LogP contribution in [0.5, 0.6) is 0 Å². The molecule has 1 heterocycles. The van der Waals surface area contributed by atoms with Gasteiger partial charge in [-0.05, 0) is 19.4 Å². The van der Waals surface area contributed by atoms with E-state index in [0.717, 1.165) is 17.5 Å². The van der Waals surface area contributed by atoms with Crippen LogP contribution in [0.4, 0.5) is 0 Å². The van der Waals surface area contributed by atoms with Gasteiger partial charge in [-0.15, -0.1) is 0 Å². The van der Waals surface area contributed by atoms with E-state index in [4.69, 9.17) is 5.11 Å². The van der Waals surface area contributed by atoms with Gasteiger partial charge in [-0.2, -0.15) is 5.10 Å². The van der Waals surface area contributed by atoms with Crippen LogP contribution in [0.15, 0.2) is 35.1 Å². The lowest BCUT2D eigenvalue weighted by Crippen LogP contribution is -2.28. The number of benzene rings is 1. The minimum Gasteiger partial charge on any atom is -0.481 e. The standard InChI is InChI=1S/C16H18N2O3/c1-3-8-18-16(21)13(10-15(19)20)9-14(17-18)12-6-4-11(2)5-7-12/h4-7,9H,3,8,10H2,1-2H3,(H,19,20). The Kier molecular flexibility index (Phi) is 4.52. The van der Waals surface area contributed by atoms with Gasteiger partial charge in [0.1, 0.15) is 0 Å². The zero-order chi connectivity index (χ0) is 15.4.